The first-order valence-electron chi connectivity index (χ1n) is 4.88. The summed E-state index contributed by atoms with van der Waals surface area (Å²) < 4.78 is 13.2. The lowest BCUT2D eigenvalue weighted by Crippen LogP contribution is -2.28. The first kappa shape index (κ1) is 13.5. The summed E-state index contributed by atoms with van der Waals surface area (Å²) in [4.78, 5) is 11.2. The second-order valence-electron chi connectivity index (χ2n) is 3.34. The van der Waals surface area contributed by atoms with Crippen LogP contribution in [-0.2, 0) is 4.79 Å². The first-order chi connectivity index (χ1) is 7.58. The summed E-state index contributed by atoms with van der Waals surface area (Å²) in [6, 6.07) is 4.38. The van der Waals surface area contributed by atoms with Crippen molar-refractivity contribution in [3.05, 3.63) is 34.6 Å². The molecule has 0 aliphatic heterocycles. The quantitative estimate of drug-likeness (QED) is 0.848. The van der Waals surface area contributed by atoms with Gasteiger partial charge in [0, 0.05) is 0 Å². The van der Waals surface area contributed by atoms with Crippen LogP contribution in [0.3, 0.4) is 0 Å². The highest BCUT2D eigenvalue weighted by molar-refractivity contribution is 9.09. The van der Waals surface area contributed by atoms with Crippen molar-refractivity contribution in [3.63, 3.8) is 0 Å². The third kappa shape index (κ3) is 3.46. The fourth-order valence-corrected chi connectivity index (χ4v) is 1.66. The summed E-state index contributed by atoms with van der Waals surface area (Å²) in [5.41, 5.74) is 0.721. The van der Waals surface area contributed by atoms with E-state index >= 15 is 0 Å². The molecule has 0 bridgehead atoms. The molecule has 1 rings (SSSR count). The van der Waals surface area contributed by atoms with Gasteiger partial charge in [0.1, 0.15) is 5.82 Å². The van der Waals surface area contributed by atoms with Gasteiger partial charge < -0.3 is 5.32 Å². The van der Waals surface area contributed by atoms with Crippen LogP contribution in [0.2, 0.25) is 5.02 Å². The zero-order valence-corrected chi connectivity index (χ0v) is 11.1. The molecule has 0 heterocycles. The second-order valence-corrected chi connectivity index (χ2v) is 4.30. The molecule has 0 fully saturated rings. The van der Waals surface area contributed by atoms with Crippen LogP contribution in [0.1, 0.15) is 24.9 Å². The molecule has 1 atom stereocenters. The lowest BCUT2D eigenvalue weighted by Gasteiger charge is -2.17. The van der Waals surface area contributed by atoms with Crippen molar-refractivity contribution in [2.45, 2.75) is 19.4 Å². The van der Waals surface area contributed by atoms with E-state index in [0.717, 1.165) is 5.56 Å². The molecular weight excluding hydrogens is 296 g/mol. The Balaban J connectivity index is 2.86. The van der Waals surface area contributed by atoms with E-state index in [1.807, 2.05) is 6.92 Å². The Bertz CT molecular complexity index is 386. The molecule has 1 amide bonds. The van der Waals surface area contributed by atoms with Crippen LogP contribution in [0, 0.1) is 5.82 Å². The maximum Gasteiger partial charge on any atom is 0.231 e. The standard InChI is InChI=1S/C11H12BrClFNO/c1-2-10(15-11(16)6-12)7-3-4-8(13)9(14)5-7/h3-5,10H,2,6H2,1H3,(H,15,16)/t10-/m0/s1. The third-order valence-corrected chi connectivity index (χ3v) is 3.03. The van der Waals surface area contributed by atoms with Crippen LogP contribution >= 0.6 is 27.5 Å². The first-order valence-corrected chi connectivity index (χ1v) is 6.38. The van der Waals surface area contributed by atoms with Gasteiger partial charge in [-0.1, -0.05) is 40.5 Å². The van der Waals surface area contributed by atoms with E-state index in [0.29, 0.717) is 6.42 Å². The topological polar surface area (TPSA) is 29.1 Å². The van der Waals surface area contributed by atoms with Crippen LogP contribution in [0.5, 0.6) is 0 Å². The average Bonchev–Trinajstić information content (AvgIpc) is 2.29. The number of rotatable bonds is 4. The Morgan fingerprint density at radius 3 is 2.81 bits per heavy atom. The molecule has 1 N–H and O–H groups in total. The van der Waals surface area contributed by atoms with Gasteiger partial charge in [-0.05, 0) is 24.1 Å². The highest BCUT2D eigenvalue weighted by Crippen LogP contribution is 2.22. The number of hydrogen-bond donors (Lipinski definition) is 1. The predicted molar refractivity (Wildman–Crippen MR) is 66.4 cm³/mol. The van der Waals surface area contributed by atoms with Gasteiger partial charge in [0.25, 0.3) is 0 Å². The van der Waals surface area contributed by atoms with Gasteiger partial charge in [-0.25, -0.2) is 4.39 Å². The van der Waals surface area contributed by atoms with Gasteiger partial charge in [-0.15, -0.1) is 0 Å². The molecule has 0 unspecified atom stereocenters. The number of halogens is 3. The lowest BCUT2D eigenvalue weighted by atomic mass is 10.0. The summed E-state index contributed by atoms with van der Waals surface area (Å²) in [6.07, 6.45) is 0.694. The van der Waals surface area contributed by atoms with E-state index in [9.17, 15) is 9.18 Å². The van der Waals surface area contributed by atoms with Crippen molar-refractivity contribution in [1.29, 1.82) is 0 Å². The second kappa shape index (κ2) is 6.21. The fraction of sp³-hybridized carbons (Fsp3) is 0.364. The van der Waals surface area contributed by atoms with Gasteiger partial charge in [-0.3, -0.25) is 4.79 Å². The zero-order chi connectivity index (χ0) is 12.1. The number of nitrogens with one attached hydrogen (secondary N) is 1. The van der Waals surface area contributed by atoms with Gasteiger partial charge in [0.05, 0.1) is 16.4 Å². The molecule has 1 aromatic rings. The van der Waals surface area contributed by atoms with Crippen LogP contribution in [0.15, 0.2) is 18.2 Å². The van der Waals surface area contributed by atoms with Crippen LogP contribution < -0.4 is 5.32 Å². The molecule has 2 nitrogen and oxygen atoms in total. The summed E-state index contributed by atoms with van der Waals surface area (Å²) in [6.45, 7) is 1.92. The Hall–Kier alpha value is -0.610. The molecule has 0 aliphatic carbocycles. The van der Waals surface area contributed by atoms with Crippen LogP contribution in [0.25, 0.3) is 0 Å². The predicted octanol–water partition coefficient (Wildman–Crippen LogP) is 3.44. The van der Waals surface area contributed by atoms with E-state index in [-0.39, 0.29) is 22.3 Å². The van der Waals surface area contributed by atoms with E-state index < -0.39 is 5.82 Å². The molecule has 0 radical (unpaired) electrons. The maximum atomic E-state index is 13.2. The number of alkyl halides is 1. The monoisotopic (exact) mass is 307 g/mol. The average molecular weight is 309 g/mol. The van der Waals surface area contributed by atoms with Crippen LogP contribution in [-0.4, -0.2) is 11.2 Å². The summed E-state index contributed by atoms with van der Waals surface area (Å²) in [7, 11) is 0. The van der Waals surface area contributed by atoms with E-state index in [1.54, 1.807) is 6.07 Å². The van der Waals surface area contributed by atoms with E-state index in [4.69, 9.17) is 11.6 Å². The smallest absolute Gasteiger partial charge is 0.231 e. The summed E-state index contributed by atoms with van der Waals surface area (Å²) >= 11 is 8.66. The number of amides is 1. The summed E-state index contributed by atoms with van der Waals surface area (Å²) in [5, 5.41) is 3.11. The van der Waals surface area contributed by atoms with Crippen molar-refractivity contribution < 1.29 is 9.18 Å². The van der Waals surface area contributed by atoms with Gasteiger partial charge in [-0.2, -0.15) is 0 Å². The number of carbonyl (C=O) groups excluding carboxylic acids is 1. The Morgan fingerprint density at radius 1 is 1.62 bits per heavy atom. The van der Waals surface area contributed by atoms with Gasteiger partial charge >= 0.3 is 0 Å². The zero-order valence-electron chi connectivity index (χ0n) is 8.77. The van der Waals surface area contributed by atoms with Gasteiger partial charge in [0.2, 0.25) is 5.91 Å². The highest BCUT2D eigenvalue weighted by Gasteiger charge is 2.13. The third-order valence-electron chi connectivity index (χ3n) is 2.21. The molecule has 0 spiro atoms. The Kier molecular flexibility index (Phi) is 5.22. The van der Waals surface area contributed by atoms with Crippen molar-refractivity contribution >= 4 is 33.4 Å². The number of hydrogen-bond acceptors (Lipinski definition) is 1. The van der Waals surface area contributed by atoms with Crippen molar-refractivity contribution in [3.8, 4) is 0 Å². The van der Waals surface area contributed by atoms with Crippen molar-refractivity contribution in [2.75, 3.05) is 5.33 Å². The van der Waals surface area contributed by atoms with Crippen molar-refractivity contribution in [2.24, 2.45) is 0 Å². The molecule has 1 aromatic carbocycles. The van der Waals surface area contributed by atoms with Gasteiger partial charge in [0.15, 0.2) is 0 Å². The fourth-order valence-electron chi connectivity index (χ4n) is 1.38. The Labute approximate surface area is 107 Å². The normalized spacial score (nSPS) is 12.2. The lowest BCUT2D eigenvalue weighted by molar-refractivity contribution is -0.119. The number of benzene rings is 1. The molecule has 0 saturated heterocycles. The molecule has 5 heteroatoms. The minimum atomic E-state index is -0.467. The Morgan fingerprint density at radius 2 is 2.31 bits per heavy atom. The molecule has 88 valence electrons. The maximum absolute atomic E-state index is 13.2. The minimum Gasteiger partial charge on any atom is -0.349 e. The van der Waals surface area contributed by atoms with Crippen molar-refractivity contribution in [1.82, 2.24) is 5.32 Å². The molecule has 0 aromatic heterocycles. The molecule has 16 heavy (non-hydrogen) atoms. The molecule has 0 aliphatic rings. The number of carbonyl (C=O) groups is 1. The highest BCUT2D eigenvalue weighted by atomic mass is 79.9. The summed E-state index contributed by atoms with van der Waals surface area (Å²) in [5.74, 6) is -0.590. The minimum absolute atomic E-state index is 0.0884. The molecular formula is C11H12BrClFNO. The largest absolute Gasteiger partial charge is 0.349 e. The molecule has 0 saturated carbocycles. The van der Waals surface area contributed by atoms with Crippen LogP contribution in [0.4, 0.5) is 4.39 Å². The van der Waals surface area contributed by atoms with E-state index in [2.05, 4.69) is 21.2 Å². The van der Waals surface area contributed by atoms with E-state index in [1.165, 1.54) is 12.1 Å². The SMILES string of the molecule is CC[C@H](NC(=O)CBr)c1ccc(Cl)c(F)c1.